The van der Waals surface area contributed by atoms with Gasteiger partial charge in [-0.1, -0.05) is 23.4 Å². The molecule has 2 saturated heterocycles. The number of nitrogens with zero attached hydrogens (tertiary/aromatic N) is 5. The van der Waals surface area contributed by atoms with Crippen LogP contribution in [-0.4, -0.2) is 51.9 Å². The minimum absolute atomic E-state index is 0.112. The number of hydrogen-bond donors (Lipinski definition) is 2. The lowest BCUT2D eigenvalue weighted by Crippen LogP contribution is -2.49. The van der Waals surface area contributed by atoms with Gasteiger partial charge in [0.1, 0.15) is 18.0 Å². The fourth-order valence-electron chi connectivity index (χ4n) is 4.41. The zero-order chi connectivity index (χ0) is 20.9. The Balaban J connectivity index is 1.47. The largest absolute Gasteiger partial charge is 0.382 e. The summed E-state index contributed by atoms with van der Waals surface area (Å²) >= 11 is 7.90. The number of halogens is 1. The Hall–Kier alpha value is -2.07. The number of nitrogens with two attached hydrogens (primary N) is 2. The normalized spacial score (nSPS) is 21.0. The first kappa shape index (κ1) is 19.9. The van der Waals surface area contributed by atoms with Crippen LogP contribution in [0.25, 0.3) is 5.65 Å². The van der Waals surface area contributed by atoms with Gasteiger partial charge >= 0.3 is 0 Å². The molecule has 0 bridgehead atoms. The third kappa shape index (κ3) is 3.20. The first-order chi connectivity index (χ1) is 14.5. The standard InChI is InChI=1S/C20H24ClN7OS/c1-12-8-15(27-6-3-20(4-7-27)10-29-9-14(20)22)28-19(25-11-26-28)17(12)30-13-2-5-24-18(23)16(13)21/h2,5,8,11,14H,3-4,6-7,9-10,22H2,1H3,(H2,23,24). The Morgan fingerprint density at radius 1 is 1.30 bits per heavy atom. The van der Waals surface area contributed by atoms with Gasteiger partial charge in [0.05, 0.1) is 23.1 Å². The van der Waals surface area contributed by atoms with E-state index >= 15 is 0 Å². The Labute approximate surface area is 183 Å². The molecule has 0 aromatic carbocycles. The third-order valence-electron chi connectivity index (χ3n) is 6.32. The lowest BCUT2D eigenvalue weighted by atomic mass is 9.75. The highest BCUT2D eigenvalue weighted by molar-refractivity contribution is 7.99. The van der Waals surface area contributed by atoms with Crippen molar-refractivity contribution >= 4 is 40.6 Å². The zero-order valence-electron chi connectivity index (χ0n) is 16.7. The first-order valence-electron chi connectivity index (χ1n) is 9.98. The SMILES string of the molecule is Cc1cc(N2CCC3(CC2)COCC3N)n2ncnc2c1Sc1ccnc(N)c1Cl. The van der Waals surface area contributed by atoms with E-state index in [0.29, 0.717) is 17.4 Å². The molecule has 0 amide bonds. The van der Waals surface area contributed by atoms with Crippen molar-refractivity contribution in [1.82, 2.24) is 19.6 Å². The summed E-state index contributed by atoms with van der Waals surface area (Å²) in [4.78, 5) is 12.8. The van der Waals surface area contributed by atoms with Gasteiger partial charge in [0.25, 0.3) is 0 Å². The van der Waals surface area contributed by atoms with E-state index in [-0.39, 0.29) is 11.5 Å². The maximum atomic E-state index is 6.36. The number of pyridine rings is 2. The van der Waals surface area contributed by atoms with Gasteiger partial charge in [-0.25, -0.2) is 9.97 Å². The molecular formula is C20H24ClN7OS. The van der Waals surface area contributed by atoms with Gasteiger partial charge in [-0.3, -0.25) is 0 Å². The molecular weight excluding hydrogens is 422 g/mol. The quantitative estimate of drug-likeness (QED) is 0.633. The van der Waals surface area contributed by atoms with Gasteiger partial charge < -0.3 is 21.1 Å². The fraction of sp³-hybridized carbons (Fsp3) is 0.450. The Bertz CT molecular complexity index is 1100. The molecule has 0 aliphatic carbocycles. The van der Waals surface area contributed by atoms with E-state index in [4.69, 9.17) is 27.8 Å². The predicted molar refractivity (Wildman–Crippen MR) is 118 cm³/mol. The Morgan fingerprint density at radius 3 is 2.83 bits per heavy atom. The van der Waals surface area contributed by atoms with Crippen molar-refractivity contribution in [2.75, 3.05) is 36.9 Å². The molecule has 8 nitrogen and oxygen atoms in total. The maximum absolute atomic E-state index is 6.36. The number of rotatable bonds is 3. The van der Waals surface area contributed by atoms with Crippen molar-refractivity contribution < 1.29 is 4.74 Å². The number of aromatic nitrogens is 4. The molecule has 10 heteroatoms. The van der Waals surface area contributed by atoms with Crippen molar-refractivity contribution in [1.29, 1.82) is 0 Å². The summed E-state index contributed by atoms with van der Waals surface area (Å²) in [6.45, 7) is 5.37. The summed E-state index contributed by atoms with van der Waals surface area (Å²) in [6, 6.07) is 4.16. The number of hydrogen-bond acceptors (Lipinski definition) is 8. The average molecular weight is 446 g/mol. The molecule has 30 heavy (non-hydrogen) atoms. The predicted octanol–water partition coefficient (Wildman–Crippen LogP) is 2.76. The summed E-state index contributed by atoms with van der Waals surface area (Å²) in [5, 5.41) is 4.97. The van der Waals surface area contributed by atoms with E-state index in [1.807, 2.05) is 10.6 Å². The van der Waals surface area contributed by atoms with Crippen LogP contribution in [0, 0.1) is 12.3 Å². The van der Waals surface area contributed by atoms with Crippen molar-refractivity contribution in [3.05, 3.63) is 35.2 Å². The summed E-state index contributed by atoms with van der Waals surface area (Å²) in [5.41, 5.74) is 14.3. The summed E-state index contributed by atoms with van der Waals surface area (Å²) < 4.78 is 7.57. The van der Waals surface area contributed by atoms with Crippen LogP contribution in [0.1, 0.15) is 18.4 Å². The van der Waals surface area contributed by atoms with E-state index in [1.54, 1.807) is 12.5 Å². The molecule has 5 rings (SSSR count). The van der Waals surface area contributed by atoms with Crippen LogP contribution < -0.4 is 16.4 Å². The number of ether oxygens (including phenoxy) is 1. The van der Waals surface area contributed by atoms with Gasteiger partial charge in [0.15, 0.2) is 5.65 Å². The van der Waals surface area contributed by atoms with Crippen LogP contribution in [-0.2, 0) is 4.74 Å². The van der Waals surface area contributed by atoms with Crippen molar-refractivity contribution in [2.24, 2.45) is 11.1 Å². The lowest BCUT2D eigenvalue weighted by molar-refractivity contribution is 0.131. The zero-order valence-corrected chi connectivity index (χ0v) is 18.3. The van der Waals surface area contributed by atoms with E-state index in [9.17, 15) is 0 Å². The summed E-state index contributed by atoms with van der Waals surface area (Å²) in [7, 11) is 0. The van der Waals surface area contributed by atoms with E-state index < -0.39 is 0 Å². The number of piperidine rings is 1. The van der Waals surface area contributed by atoms with E-state index in [0.717, 1.165) is 59.4 Å². The summed E-state index contributed by atoms with van der Waals surface area (Å²) in [5.74, 6) is 1.37. The molecule has 1 spiro atoms. The van der Waals surface area contributed by atoms with Crippen LogP contribution in [0.15, 0.2) is 34.4 Å². The highest BCUT2D eigenvalue weighted by Gasteiger charge is 2.44. The Morgan fingerprint density at radius 2 is 2.10 bits per heavy atom. The average Bonchev–Trinajstić information content (AvgIpc) is 3.36. The topological polar surface area (TPSA) is 108 Å². The fourth-order valence-corrected chi connectivity index (χ4v) is 5.63. The van der Waals surface area contributed by atoms with Crippen molar-refractivity contribution in [3.63, 3.8) is 0 Å². The van der Waals surface area contributed by atoms with Crippen LogP contribution >= 0.6 is 23.4 Å². The van der Waals surface area contributed by atoms with Crippen molar-refractivity contribution in [3.8, 4) is 0 Å². The molecule has 0 saturated carbocycles. The van der Waals surface area contributed by atoms with Gasteiger partial charge in [0, 0.05) is 35.6 Å². The second-order valence-electron chi connectivity index (χ2n) is 8.09. The number of aryl methyl sites for hydroxylation is 1. The number of fused-ring (bicyclic) bond motifs is 1. The lowest BCUT2D eigenvalue weighted by Gasteiger charge is -2.41. The summed E-state index contributed by atoms with van der Waals surface area (Å²) in [6.07, 6.45) is 5.30. The highest BCUT2D eigenvalue weighted by Crippen LogP contribution is 2.42. The molecule has 2 aliphatic rings. The smallest absolute Gasteiger partial charge is 0.171 e. The first-order valence-corrected chi connectivity index (χ1v) is 11.2. The maximum Gasteiger partial charge on any atom is 0.171 e. The molecule has 2 fully saturated rings. The molecule has 1 atom stereocenters. The second kappa shape index (κ2) is 7.56. The minimum atomic E-state index is 0.112. The number of nitrogen functional groups attached to an aromatic ring is 1. The van der Waals surface area contributed by atoms with Gasteiger partial charge in [-0.15, -0.1) is 0 Å². The van der Waals surface area contributed by atoms with Gasteiger partial charge in [-0.05, 0) is 37.5 Å². The van der Waals surface area contributed by atoms with Crippen LogP contribution in [0.2, 0.25) is 5.02 Å². The third-order valence-corrected chi connectivity index (χ3v) is 8.10. The molecule has 5 heterocycles. The molecule has 158 valence electrons. The highest BCUT2D eigenvalue weighted by atomic mass is 35.5. The molecule has 4 N–H and O–H groups in total. The molecule has 1 unspecified atom stereocenters. The van der Waals surface area contributed by atoms with Gasteiger partial charge in [-0.2, -0.15) is 9.61 Å². The van der Waals surface area contributed by atoms with E-state index in [2.05, 4.69) is 33.0 Å². The second-order valence-corrected chi connectivity index (χ2v) is 9.52. The molecule has 3 aromatic heterocycles. The minimum Gasteiger partial charge on any atom is -0.382 e. The van der Waals surface area contributed by atoms with Crippen LogP contribution in [0.3, 0.4) is 0 Å². The van der Waals surface area contributed by atoms with Gasteiger partial charge in [0.2, 0.25) is 0 Å². The van der Waals surface area contributed by atoms with Crippen LogP contribution in [0.4, 0.5) is 11.6 Å². The molecule has 2 aliphatic heterocycles. The molecule has 0 radical (unpaired) electrons. The Kier molecular flexibility index (Phi) is 5.01. The van der Waals surface area contributed by atoms with E-state index in [1.165, 1.54) is 11.8 Å². The molecule has 3 aromatic rings. The number of anilines is 2. The van der Waals surface area contributed by atoms with Crippen molar-refractivity contribution in [2.45, 2.75) is 35.6 Å². The van der Waals surface area contributed by atoms with Crippen LogP contribution in [0.5, 0.6) is 0 Å². The monoisotopic (exact) mass is 445 g/mol.